The third-order valence-corrected chi connectivity index (χ3v) is 4.25. The number of Topliss-reactive ketones (excluding diaryl/α,β-unsaturated/α-hetero) is 1. The van der Waals surface area contributed by atoms with E-state index in [1.54, 1.807) is 7.11 Å². The number of benzene rings is 1. The van der Waals surface area contributed by atoms with Gasteiger partial charge in [-0.05, 0) is 37.0 Å². The van der Waals surface area contributed by atoms with E-state index in [1.807, 2.05) is 24.3 Å². The normalized spacial score (nSPS) is 17.7. The molecule has 1 saturated carbocycles. The van der Waals surface area contributed by atoms with Crippen molar-refractivity contribution in [2.24, 2.45) is 5.73 Å². The second-order valence-corrected chi connectivity index (χ2v) is 5.99. The molecule has 0 spiro atoms. The molecule has 0 saturated heterocycles. The first-order chi connectivity index (χ1) is 9.61. The zero-order valence-corrected chi connectivity index (χ0v) is 12.4. The second-order valence-electron chi connectivity index (χ2n) is 5.99. The molecular formula is C17H25NO2. The van der Waals surface area contributed by atoms with Crippen molar-refractivity contribution in [2.75, 3.05) is 7.11 Å². The molecule has 1 fully saturated rings. The summed E-state index contributed by atoms with van der Waals surface area (Å²) in [5, 5.41) is 0. The Balaban J connectivity index is 1.79. The predicted octanol–water partition coefficient (Wildman–Crippen LogP) is 3.25. The molecule has 1 aliphatic carbocycles. The van der Waals surface area contributed by atoms with E-state index in [-0.39, 0.29) is 5.54 Å². The van der Waals surface area contributed by atoms with Gasteiger partial charge in [-0.2, -0.15) is 0 Å². The summed E-state index contributed by atoms with van der Waals surface area (Å²) in [6.45, 7) is 0. The van der Waals surface area contributed by atoms with Gasteiger partial charge >= 0.3 is 0 Å². The van der Waals surface area contributed by atoms with E-state index in [0.29, 0.717) is 18.6 Å². The minimum atomic E-state index is -0.227. The van der Waals surface area contributed by atoms with Gasteiger partial charge in [0.1, 0.15) is 11.5 Å². The number of methoxy groups -OCH3 is 1. The van der Waals surface area contributed by atoms with E-state index < -0.39 is 0 Å². The Morgan fingerprint density at radius 2 is 1.85 bits per heavy atom. The summed E-state index contributed by atoms with van der Waals surface area (Å²) in [7, 11) is 1.66. The molecule has 0 heterocycles. The van der Waals surface area contributed by atoms with E-state index in [9.17, 15) is 4.79 Å². The van der Waals surface area contributed by atoms with Crippen molar-refractivity contribution < 1.29 is 9.53 Å². The number of ketones is 1. The SMILES string of the molecule is COc1ccc(CCC(=O)CC2(N)CCCCC2)cc1. The summed E-state index contributed by atoms with van der Waals surface area (Å²) < 4.78 is 5.13. The van der Waals surface area contributed by atoms with Crippen molar-refractivity contribution in [1.29, 1.82) is 0 Å². The van der Waals surface area contributed by atoms with Gasteiger partial charge in [0.25, 0.3) is 0 Å². The lowest BCUT2D eigenvalue weighted by Gasteiger charge is -2.32. The molecule has 0 radical (unpaired) electrons. The largest absolute Gasteiger partial charge is 0.497 e. The first-order valence-corrected chi connectivity index (χ1v) is 7.55. The molecule has 1 aliphatic rings. The average molecular weight is 275 g/mol. The van der Waals surface area contributed by atoms with Crippen LogP contribution in [-0.4, -0.2) is 18.4 Å². The molecule has 0 bridgehead atoms. The summed E-state index contributed by atoms with van der Waals surface area (Å²) in [6, 6.07) is 7.91. The smallest absolute Gasteiger partial charge is 0.135 e. The fourth-order valence-corrected chi connectivity index (χ4v) is 2.99. The van der Waals surface area contributed by atoms with Crippen LogP contribution < -0.4 is 10.5 Å². The maximum atomic E-state index is 12.1. The van der Waals surface area contributed by atoms with E-state index in [2.05, 4.69) is 0 Å². The lowest BCUT2D eigenvalue weighted by Crippen LogP contribution is -2.43. The van der Waals surface area contributed by atoms with Gasteiger partial charge in [-0.3, -0.25) is 4.79 Å². The molecule has 20 heavy (non-hydrogen) atoms. The Labute approximate surface area is 121 Å². The number of carbonyl (C=O) groups is 1. The quantitative estimate of drug-likeness (QED) is 0.867. The summed E-state index contributed by atoms with van der Waals surface area (Å²) >= 11 is 0. The predicted molar refractivity (Wildman–Crippen MR) is 80.9 cm³/mol. The Morgan fingerprint density at radius 1 is 1.20 bits per heavy atom. The van der Waals surface area contributed by atoms with Crippen molar-refractivity contribution in [2.45, 2.75) is 56.9 Å². The lowest BCUT2D eigenvalue weighted by molar-refractivity contribution is -0.120. The topological polar surface area (TPSA) is 52.3 Å². The maximum Gasteiger partial charge on any atom is 0.135 e. The third kappa shape index (κ3) is 4.34. The molecule has 0 atom stereocenters. The summed E-state index contributed by atoms with van der Waals surface area (Å²) in [6.07, 6.45) is 7.53. The number of hydrogen-bond acceptors (Lipinski definition) is 3. The molecule has 3 nitrogen and oxygen atoms in total. The van der Waals surface area contributed by atoms with Crippen LogP contribution in [0.1, 0.15) is 50.5 Å². The minimum absolute atomic E-state index is 0.227. The number of carbonyl (C=O) groups excluding carboxylic acids is 1. The highest BCUT2D eigenvalue weighted by Gasteiger charge is 2.29. The Bertz CT molecular complexity index is 433. The number of nitrogens with two attached hydrogens (primary N) is 1. The molecular weight excluding hydrogens is 250 g/mol. The van der Waals surface area contributed by atoms with E-state index >= 15 is 0 Å². The second kappa shape index (κ2) is 6.89. The molecule has 0 amide bonds. The molecule has 110 valence electrons. The highest BCUT2D eigenvalue weighted by Crippen LogP contribution is 2.29. The van der Waals surface area contributed by atoms with Gasteiger partial charge in [-0.15, -0.1) is 0 Å². The molecule has 0 aliphatic heterocycles. The summed E-state index contributed by atoms with van der Waals surface area (Å²) in [4.78, 5) is 12.1. The van der Waals surface area contributed by atoms with Gasteiger partial charge in [0.05, 0.1) is 7.11 Å². The maximum absolute atomic E-state index is 12.1. The van der Waals surface area contributed by atoms with Crippen molar-refractivity contribution in [3.05, 3.63) is 29.8 Å². The minimum Gasteiger partial charge on any atom is -0.497 e. The number of rotatable bonds is 6. The molecule has 0 unspecified atom stereocenters. The monoisotopic (exact) mass is 275 g/mol. The van der Waals surface area contributed by atoms with Crippen LogP contribution in [-0.2, 0) is 11.2 Å². The van der Waals surface area contributed by atoms with Crippen molar-refractivity contribution in [3.8, 4) is 5.75 Å². The van der Waals surface area contributed by atoms with Gasteiger partial charge in [0.15, 0.2) is 0 Å². The third-order valence-electron chi connectivity index (χ3n) is 4.25. The van der Waals surface area contributed by atoms with Crippen molar-refractivity contribution in [1.82, 2.24) is 0 Å². The van der Waals surface area contributed by atoms with Crippen LogP contribution in [0.25, 0.3) is 0 Å². The standard InChI is InChI=1S/C17H25NO2/c1-20-16-9-6-14(7-10-16)5-8-15(19)13-17(18)11-3-2-4-12-17/h6-7,9-10H,2-5,8,11-13,18H2,1H3. The number of hydrogen-bond donors (Lipinski definition) is 1. The van der Waals surface area contributed by atoms with Crippen LogP contribution in [0.3, 0.4) is 0 Å². The zero-order valence-electron chi connectivity index (χ0n) is 12.4. The first-order valence-electron chi connectivity index (χ1n) is 7.55. The molecule has 2 N–H and O–H groups in total. The number of ether oxygens (including phenoxy) is 1. The number of aryl methyl sites for hydroxylation is 1. The van der Waals surface area contributed by atoms with E-state index in [1.165, 1.54) is 24.8 Å². The molecule has 0 aromatic heterocycles. The fraction of sp³-hybridized carbons (Fsp3) is 0.588. The van der Waals surface area contributed by atoms with Gasteiger partial charge in [0.2, 0.25) is 0 Å². The van der Waals surface area contributed by atoms with Crippen LogP contribution in [0.2, 0.25) is 0 Å². The summed E-state index contributed by atoms with van der Waals surface area (Å²) in [5.41, 5.74) is 7.28. The van der Waals surface area contributed by atoms with Gasteiger partial charge in [-0.1, -0.05) is 31.4 Å². The van der Waals surface area contributed by atoms with Gasteiger partial charge in [-0.25, -0.2) is 0 Å². The van der Waals surface area contributed by atoms with Crippen LogP contribution >= 0.6 is 0 Å². The van der Waals surface area contributed by atoms with Crippen LogP contribution in [0.15, 0.2) is 24.3 Å². The summed E-state index contributed by atoms with van der Waals surface area (Å²) in [5.74, 6) is 1.15. The average Bonchev–Trinajstić information content (AvgIpc) is 2.46. The highest BCUT2D eigenvalue weighted by atomic mass is 16.5. The Kier molecular flexibility index (Phi) is 5.18. The lowest BCUT2D eigenvalue weighted by atomic mass is 9.78. The Morgan fingerprint density at radius 3 is 2.45 bits per heavy atom. The van der Waals surface area contributed by atoms with Gasteiger partial charge in [0, 0.05) is 18.4 Å². The van der Waals surface area contributed by atoms with Crippen LogP contribution in [0.5, 0.6) is 5.75 Å². The fourth-order valence-electron chi connectivity index (χ4n) is 2.99. The molecule has 1 aromatic carbocycles. The van der Waals surface area contributed by atoms with Crippen LogP contribution in [0, 0.1) is 0 Å². The zero-order chi connectivity index (χ0) is 14.4. The van der Waals surface area contributed by atoms with Crippen molar-refractivity contribution in [3.63, 3.8) is 0 Å². The molecule has 1 aromatic rings. The van der Waals surface area contributed by atoms with E-state index in [4.69, 9.17) is 10.5 Å². The molecule has 2 rings (SSSR count). The Hall–Kier alpha value is -1.35. The first kappa shape index (κ1) is 15.0. The highest BCUT2D eigenvalue weighted by molar-refractivity contribution is 5.79. The van der Waals surface area contributed by atoms with E-state index in [0.717, 1.165) is 25.0 Å². The molecule has 3 heteroatoms. The van der Waals surface area contributed by atoms with Crippen molar-refractivity contribution >= 4 is 5.78 Å². The van der Waals surface area contributed by atoms with Crippen LogP contribution in [0.4, 0.5) is 0 Å². The van der Waals surface area contributed by atoms with Gasteiger partial charge < -0.3 is 10.5 Å².